The molecule has 0 unspecified atom stereocenters. The zero-order valence-electron chi connectivity index (χ0n) is 9.98. The summed E-state index contributed by atoms with van der Waals surface area (Å²) in [5.74, 6) is -0.0689. The van der Waals surface area contributed by atoms with Crippen molar-refractivity contribution in [2.75, 3.05) is 0 Å². The van der Waals surface area contributed by atoms with Crippen molar-refractivity contribution in [2.24, 2.45) is 0 Å². The third-order valence-electron chi connectivity index (χ3n) is 2.49. The Morgan fingerprint density at radius 3 is 2.55 bits per heavy atom. The first-order valence-electron chi connectivity index (χ1n) is 5.48. The topological polar surface area (TPSA) is 52.4 Å². The van der Waals surface area contributed by atoms with Gasteiger partial charge in [0, 0.05) is 12.1 Å². The van der Waals surface area contributed by atoms with E-state index in [4.69, 9.17) is 4.74 Å². The van der Waals surface area contributed by atoms with Gasteiger partial charge in [0.25, 0.3) is 5.69 Å². The Morgan fingerprint density at radius 1 is 1.15 bits per heavy atom. The van der Waals surface area contributed by atoms with E-state index in [1.54, 1.807) is 12.1 Å². The second kappa shape index (κ2) is 6.32. The van der Waals surface area contributed by atoms with Crippen LogP contribution in [0.5, 0.6) is 5.75 Å². The molecule has 0 aliphatic heterocycles. The fraction of sp³-hybridized carbons (Fsp3) is 0.0769. The predicted molar refractivity (Wildman–Crippen MR) is 79.2 cm³/mol. The van der Waals surface area contributed by atoms with Crippen molar-refractivity contribution in [2.45, 2.75) is 6.61 Å². The molecule has 0 bridgehead atoms. The van der Waals surface area contributed by atoms with E-state index in [-0.39, 0.29) is 12.3 Å². The summed E-state index contributed by atoms with van der Waals surface area (Å²) >= 11 is 6.35. The van der Waals surface area contributed by atoms with Gasteiger partial charge in [0.2, 0.25) is 0 Å². The van der Waals surface area contributed by atoms with Crippen LogP contribution in [0.25, 0.3) is 0 Å². The molecule has 20 heavy (non-hydrogen) atoms. The molecule has 0 radical (unpaired) electrons. The van der Waals surface area contributed by atoms with E-state index in [9.17, 15) is 14.5 Å². The molecule has 0 aliphatic carbocycles. The lowest BCUT2D eigenvalue weighted by Gasteiger charge is -2.08. The molecule has 0 amide bonds. The minimum absolute atomic E-state index is 0.0376. The number of hydrogen-bond donors (Lipinski definition) is 0. The SMILES string of the molecule is O=[N+]([O-])c1cc(COc2cc(F)ccc2Br)ccc1Br. The van der Waals surface area contributed by atoms with Gasteiger partial charge in [-0.05, 0) is 55.6 Å². The first kappa shape index (κ1) is 14.9. The van der Waals surface area contributed by atoms with Crippen LogP contribution < -0.4 is 4.74 Å². The van der Waals surface area contributed by atoms with Gasteiger partial charge in [0.15, 0.2) is 0 Å². The van der Waals surface area contributed by atoms with Crippen molar-refractivity contribution < 1.29 is 14.1 Å². The van der Waals surface area contributed by atoms with Gasteiger partial charge in [-0.1, -0.05) is 6.07 Å². The van der Waals surface area contributed by atoms with E-state index in [0.717, 1.165) is 0 Å². The maximum Gasteiger partial charge on any atom is 0.283 e. The van der Waals surface area contributed by atoms with Crippen molar-refractivity contribution >= 4 is 37.5 Å². The highest BCUT2D eigenvalue weighted by Crippen LogP contribution is 2.28. The molecule has 104 valence electrons. The Hall–Kier alpha value is -1.47. The number of benzene rings is 2. The van der Waals surface area contributed by atoms with Crippen molar-refractivity contribution in [3.05, 3.63) is 66.8 Å². The van der Waals surface area contributed by atoms with Crippen LogP contribution in [0.4, 0.5) is 10.1 Å². The number of rotatable bonds is 4. The maximum absolute atomic E-state index is 13.1. The third kappa shape index (κ3) is 3.55. The summed E-state index contributed by atoms with van der Waals surface area (Å²) in [6.45, 7) is 0.107. The largest absolute Gasteiger partial charge is 0.488 e. The van der Waals surface area contributed by atoms with Crippen molar-refractivity contribution in [3.8, 4) is 5.75 Å². The summed E-state index contributed by atoms with van der Waals surface area (Å²) in [4.78, 5) is 10.3. The number of hydrogen-bond acceptors (Lipinski definition) is 3. The smallest absolute Gasteiger partial charge is 0.283 e. The Balaban J connectivity index is 2.17. The van der Waals surface area contributed by atoms with E-state index in [1.165, 1.54) is 24.3 Å². The molecule has 0 atom stereocenters. The molecule has 0 fully saturated rings. The molecule has 0 aromatic heterocycles. The predicted octanol–water partition coefficient (Wildman–Crippen LogP) is 4.84. The van der Waals surface area contributed by atoms with Gasteiger partial charge in [0.1, 0.15) is 18.2 Å². The van der Waals surface area contributed by atoms with Crippen LogP contribution in [0, 0.1) is 15.9 Å². The molecule has 0 saturated carbocycles. The Morgan fingerprint density at radius 2 is 1.85 bits per heavy atom. The van der Waals surface area contributed by atoms with Crippen LogP contribution in [-0.2, 0) is 6.61 Å². The summed E-state index contributed by atoms with van der Waals surface area (Å²) < 4.78 is 19.6. The zero-order valence-corrected chi connectivity index (χ0v) is 13.1. The molecule has 2 aromatic carbocycles. The van der Waals surface area contributed by atoms with Gasteiger partial charge >= 0.3 is 0 Å². The highest BCUT2D eigenvalue weighted by atomic mass is 79.9. The van der Waals surface area contributed by atoms with Crippen molar-refractivity contribution in [3.63, 3.8) is 0 Å². The van der Waals surface area contributed by atoms with Crippen LogP contribution >= 0.6 is 31.9 Å². The lowest BCUT2D eigenvalue weighted by Crippen LogP contribution is -1.98. The van der Waals surface area contributed by atoms with E-state index in [0.29, 0.717) is 20.3 Å². The van der Waals surface area contributed by atoms with E-state index >= 15 is 0 Å². The van der Waals surface area contributed by atoms with Crippen LogP contribution in [0.2, 0.25) is 0 Å². The first-order chi connectivity index (χ1) is 9.47. The lowest BCUT2D eigenvalue weighted by atomic mass is 10.2. The number of nitro benzene ring substituents is 1. The average Bonchev–Trinajstić information content (AvgIpc) is 2.41. The van der Waals surface area contributed by atoms with Gasteiger partial charge in [-0.25, -0.2) is 4.39 Å². The minimum Gasteiger partial charge on any atom is -0.488 e. The first-order valence-corrected chi connectivity index (χ1v) is 7.06. The summed E-state index contributed by atoms with van der Waals surface area (Å²) in [6.07, 6.45) is 0. The molecular weight excluding hydrogens is 397 g/mol. The molecule has 0 spiro atoms. The number of nitrogens with zero attached hydrogens (tertiary/aromatic N) is 1. The van der Waals surface area contributed by atoms with Gasteiger partial charge in [0.05, 0.1) is 13.9 Å². The highest BCUT2D eigenvalue weighted by Gasteiger charge is 2.13. The molecule has 0 aliphatic rings. The minimum atomic E-state index is -0.480. The van der Waals surface area contributed by atoms with Crippen molar-refractivity contribution in [1.82, 2.24) is 0 Å². The zero-order chi connectivity index (χ0) is 14.7. The normalized spacial score (nSPS) is 10.3. The molecule has 0 saturated heterocycles. The van der Waals surface area contributed by atoms with E-state index < -0.39 is 10.7 Å². The number of nitro groups is 1. The van der Waals surface area contributed by atoms with Gasteiger partial charge in [-0.2, -0.15) is 0 Å². The monoisotopic (exact) mass is 403 g/mol. The van der Waals surface area contributed by atoms with E-state index in [1.807, 2.05) is 0 Å². The molecule has 2 aromatic rings. The quantitative estimate of drug-likeness (QED) is 0.541. The highest BCUT2D eigenvalue weighted by molar-refractivity contribution is 9.11. The van der Waals surface area contributed by atoms with Gasteiger partial charge in [-0.15, -0.1) is 0 Å². The summed E-state index contributed by atoms with van der Waals surface area (Å²) in [7, 11) is 0. The number of ether oxygens (including phenoxy) is 1. The van der Waals surface area contributed by atoms with Gasteiger partial charge < -0.3 is 4.74 Å². The summed E-state index contributed by atoms with van der Waals surface area (Å²) in [5.41, 5.74) is 0.584. The molecule has 0 heterocycles. The Labute approximate surface area is 131 Å². The average molecular weight is 405 g/mol. The Kier molecular flexibility index (Phi) is 4.72. The summed E-state index contributed by atoms with van der Waals surface area (Å²) in [6, 6.07) is 8.78. The van der Waals surface area contributed by atoms with Crippen LogP contribution in [-0.4, -0.2) is 4.92 Å². The van der Waals surface area contributed by atoms with Gasteiger partial charge in [-0.3, -0.25) is 10.1 Å². The van der Waals surface area contributed by atoms with Crippen molar-refractivity contribution in [1.29, 1.82) is 0 Å². The Bertz CT molecular complexity index is 664. The fourth-order valence-corrected chi connectivity index (χ4v) is 2.29. The van der Waals surface area contributed by atoms with Crippen LogP contribution in [0.3, 0.4) is 0 Å². The second-order valence-corrected chi connectivity index (χ2v) is 5.61. The van der Waals surface area contributed by atoms with E-state index in [2.05, 4.69) is 31.9 Å². The maximum atomic E-state index is 13.1. The second-order valence-electron chi connectivity index (χ2n) is 3.91. The third-order valence-corrected chi connectivity index (χ3v) is 3.82. The molecule has 2 rings (SSSR count). The van der Waals surface area contributed by atoms with Crippen LogP contribution in [0.1, 0.15) is 5.56 Å². The summed E-state index contributed by atoms with van der Waals surface area (Å²) in [5, 5.41) is 10.8. The molecular formula is C13H8Br2FNO3. The lowest BCUT2D eigenvalue weighted by molar-refractivity contribution is -0.385. The number of halogens is 3. The molecule has 7 heteroatoms. The van der Waals surface area contributed by atoms with Crippen LogP contribution in [0.15, 0.2) is 45.3 Å². The molecule has 4 nitrogen and oxygen atoms in total. The molecule has 0 N–H and O–H groups in total. The fourth-order valence-electron chi connectivity index (χ4n) is 1.54. The standard InChI is InChI=1S/C13H8Br2FNO3/c14-10-3-1-8(5-12(10)17(18)19)7-20-13-6-9(16)2-4-11(13)15/h1-6H,7H2.